The maximum Gasteiger partial charge on any atom is 0.260 e. The van der Waals surface area contributed by atoms with Crippen LogP contribution in [0.25, 0.3) is 11.3 Å². The highest BCUT2D eigenvalue weighted by Crippen LogP contribution is 2.22. The lowest BCUT2D eigenvalue weighted by Crippen LogP contribution is -2.22. The third-order valence-electron chi connectivity index (χ3n) is 2.75. The first-order valence-electron chi connectivity index (χ1n) is 6.52. The number of nitrogens with zero attached hydrogens (tertiary/aromatic N) is 2. The van der Waals surface area contributed by atoms with Crippen molar-refractivity contribution in [2.45, 2.75) is 26.4 Å². The Bertz CT molecular complexity index is 619. The Morgan fingerprint density at radius 2 is 2.30 bits per heavy atom. The van der Waals surface area contributed by atoms with Gasteiger partial charge in [0.15, 0.2) is 5.13 Å². The van der Waals surface area contributed by atoms with Gasteiger partial charge in [-0.05, 0) is 26.0 Å². The van der Waals surface area contributed by atoms with Crippen molar-refractivity contribution in [1.29, 1.82) is 0 Å². The fourth-order valence-corrected chi connectivity index (χ4v) is 2.67. The summed E-state index contributed by atoms with van der Waals surface area (Å²) in [4.78, 5) is 16.8. The number of rotatable bonds is 6. The maximum atomic E-state index is 12.4. The number of pyridine rings is 1. The van der Waals surface area contributed by atoms with Crippen molar-refractivity contribution in [3.63, 3.8) is 0 Å². The Morgan fingerprint density at radius 1 is 1.50 bits per heavy atom. The molecule has 0 fully saturated rings. The fourth-order valence-electron chi connectivity index (χ4n) is 1.81. The molecular formula is C14H19N3O2S. The van der Waals surface area contributed by atoms with Crippen LogP contribution in [0.15, 0.2) is 28.5 Å². The van der Waals surface area contributed by atoms with Crippen molar-refractivity contribution < 1.29 is 4.74 Å². The van der Waals surface area contributed by atoms with Crippen molar-refractivity contribution in [1.82, 2.24) is 9.55 Å². The monoisotopic (exact) mass is 293 g/mol. The summed E-state index contributed by atoms with van der Waals surface area (Å²) < 4.78 is 6.66. The van der Waals surface area contributed by atoms with Gasteiger partial charge in [-0.3, -0.25) is 4.79 Å². The molecule has 2 rings (SSSR count). The minimum Gasteiger partial charge on any atom is -0.383 e. The van der Waals surface area contributed by atoms with E-state index in [1.54, 1.807) is 23.9 Å². The van der Waals surface area contributed by atoms with E-state index in [0.717, 1.165) is 10.8 Å². The van der Waals surface area contributed by atoms with Crippen molar-refractivity contribution in [2.24, 2.45) is 0 Å². The van der Waals surface area contributed by atoms with Crippen LogP contribution in [0.2, 0.25) is 0 Å². The van der Waals surface area contributed by atoms with Gasteiger partial charge in [0.2, 0.25) is 0 Å². The van der Waals surface area contributed by atoms with Gasteiger partial charge in [-0.25, -0.2) is 4.98 Å². The second-order valence-corrected chi connectivity index (χ2v) is 5.61. The van der Waals surface area contributed by atoms with Gasteiger partial charge in [0.1, 0.15) is 0 Å². The average Bonchev–Trinajstić information content (AvgIpc) is 2.85. The summed E-state index contributed by atoms with van der Waals surface area (Å²) in [5.74, 6) is 0. The number of methoxy groups -OCH3 is 1. The van der Waals surface area contributed by atoms with Gasteiger partial charge in [0, 0.05) is 31.3 Å². The minimum absolute atomic E-state index is 0.0362. The van der Waals surface area contributed by atoms with E-state index in [0.29, 0.717) is 24.8 Å². The topological polar surface area (TPSA) is 56.1 Å². The molecule has 0 saturated heterocycles. The van der Waals surface area contributed by atoms with Gasteiger partial charge < -0.3 is 14.6 Å². The van der Waals surface area contributed by atoms with E-state index in [1.807, 2.05) is 11.4 Å². The number of thiazole rings is 1. The van der Waals surface area contributed by atoms with Crippen LogP contribution >= 0.6 is 11.3 Å². The Labute approximate surface area is 122 Å². The summed E-state index contributed by atoms with van der Waals surface area (Å²) in [6.07, 6.45) is 1.77. The van der Waals surface area contributed by atoms with E-state index in [4.69, 9.17) is 4.74 Å². The van der Waals surface area contributed by atoms with E-state index >= 15 is 0 Å². The molecule has 2 aromatic rings. The first-order chi connectivity index (χ1) is 9.61. The van der Waals surface area contributed by atoms with E-state index in [9.17, 15) is 4.79 Å². The average molecular weight is 293 g/mol. The van der Waals surface area contributed by atoms with Crippen LogP contribution in [0.4, 0.5) is 5.13 Å². The molecule has 108 valence electrons. The summed E-state index contributed by atoms with van der Waals surface area (Å²) in [7, 11) is 1.62. The molecule has 2 heterocycles. The van der Waals surface area contributed by atoms with Crippen molar-refractivity contribution in [3.05, 3.63) is 34.1 Å². The highest BCUT2D eigenvalue weighted by Gasteiger charge is 2.10. The predicted octanol–water partition coefficient (Wildman–Crippen LogP) is 2.44. The standard InChI is InChI=1S/C14H19N3O2S/c1-10(2)15-14-16-12(9-20-14)11-5-4-6-17(13(11)18)7-8-19-3/h4-6,9-10H,7-8H2,1-3H3,(H,15,16). The zero-order valence-corrected chi connectivity index (χ0v) is 12.7. The smallest absolute Gasteiger partial charge is 0.260 e. The second-order valence-electron chi connectivity index (χ2n) is 4.75. The number of hydrogen-bond donors (Lipinski definition) is 1. The first-order valence-corrected chi connectivity index (χ1v) is 7.40. The highest BCUT2D eigenvalue weighted by molar-refractivity contribution is 7.14. The van der Waals surface area contributed by atoms with Crippen molar-refractivity contribution in [3.8, 4) is 11.3 Å². The van der Waals surface area contributed by atoms with E-state index < -0.39 is 0 Å². The molecule has 0 atom stereocenters. The van der Waals surface area contributed by atoms with Gasteiger partial charge in [0.25, 0.3) is 5.56 Å². The summed E-state index contributed by atoms with van der Waals surface area (Å²) in [6.45, 7) is 5.17. The van der Waals surface area contributed by atoms with Gasteiger partial charge in [0.05, 0.1) is 17.9 Å². The number of hydrogen-bond acceptors (Lipinski definition) is 5. The molecule has 5 nitrogen and oxygen atoms in total. The Balaban J connectivity index is 2.28. The van der Waals surface area contributed by atoms with Crippen LogP contribution in [-0.4, -0.2) is 29.3 Å². The lowest BCUT2D eigenvalue weighted by molar-refractivity contribution is 0.186. The van der Waals surface area contributed by atoms with Gasteiger partial charge in [-0.1, -0.05) is 0 Å². The zero-order valence-electron chi connectivity index (χ0n) is 11.9. The third kappa shape index (κ3) is 3.46. The SMILES string of the molecule is COCCn1cccc(-c2csc(NC(C)C)n2)c1=O. The zero-order chi connectivity index (χ0) is 14.5. The fraction of sp³-hybridized carbons (Fsp3) is 0.429. The van der Waals surface area contributed by atoms with Crippen LogP contribution in [0.1, 0.15) is 13.8 Å². The van der Waals surface area contributed by atoms with E-state index in [1.165, 1.54) is 11.3 Å². The van der Waals surface area contributed by atoms with E-state index in [2.05, 4.69) is 24.1 Å². The molecule has 0 aromatic carbocycles. The maximum absolute atomic E-state index is 12.4. The van der Waals surface area contributed by atoms with Crippen LogP contribution in [0.5, 0.6) is 0 Å². The van der Waals surface area contributed by atoms with Crippen LogP contribution in [0, 0.1) is 0 Å². The largest absolute Gasteiger partial charge is 0.383 e. The summed E-state index contributed by atoms with van der Waals surface area (Å²) in [6, 6.07) is 3.99. The molecule has 0 aliphatic rings. The first kappa shape index (κ1) is 14.7. The number of anilines is 1. The molecular weight excluding hydrogens is 274 g/mol. The van der Waals surface area contributed by atoms with Crippen LogP contribution in [0.3, 0.4) is 0 Å². The van der Waals surface area contributed by atoms with Crippen molar-refractivity contribution >= 4 is 16.5 Å². The molecule has 0 aliphatic heterocycles. The molecule has 0 amide bonds. The predicted molar refractivity (Wildman–Crippen MR) is 82.4 cm³/mol. The van der Waals surface area contributed by atoms with Crippen molar-refractivity contribution in [2.75, 3.05) is 19.0 Å². The molecule has 0 radical (unpaired) electrons. The number of nitrogens with one attached hydrogen (secondary N) is 1. The summed E-state index contributed by atoms with van der Waals surface area (Å²) >= 11 is 1.51. The minimum atomic E-state index is -0.0362. The Morgan fingerprint density at radius 3 is 3.00 bits per heavy atom. The number of aromatic nitrogens is 2. The molecule has 0 spiro atoms. The molecule has 0 saturated carbocycles. The number of ether oxygens (including phenoxy) is 1. The normalized spacial score (nSPS) is 11.0. The van der Waals surface area contributed by atoms with Gasteiger partial charge in [-0.15, -0.1) is 11.3 Å². The lowest BCUT2D eigenvalue weighted by Gasteiger charge is -2.06. The van der Waals surface area contributed by atoms with Crippen LogP contribution in [-0.2, 0) is 11.3 Å². The van der Waals surface area contributed by atoms with Gasteiger partial charge >= 0.3 is 0 Å². The molecule has 20 heavy (non-hydrogen) atoms. The Hall–Kier alpha value is -1.66. The molecule has 0 bridgehead atoms. The van der Waals surface area contributed by atoms with Crippen LogP contribution < -0.4 is 10.9 Å². The molecule has 0 unspecified atom stereocenters. The molecule has 1 N–H and O–H groups in total. The molecule has 6 heteroatoms. The summed E-state index contributed by atoms with van der Waals surface area (Å²) in [5, 5.41) is 5.98. The van der Waals surface area contributed by atoms with E-state index in [-0.39, 0.29) is 5.56 Å². The Kier molecular flexibility index (Phi) is 4.92. The summed E-state index contributed by atoms with van der Waals surface area (Å²) in [5.41, 5.74) is 1.30. The molecule has 2 aromatic heterocycles. The quantitative estimate of drug-likeness (QED) is 0.889. The third-order valence-corrected chi connectivity index (χ3v) is 3.52. The lowest BCUT2D eigenvalue weighted by atomic mass is 10.2. The molecule has 0 aliphatic carbocycles. The van der Waals surface area contributed by atoms with Gasteiger partial charge in [-0.2, -0.15) is 0 Å². The second kappa shape index (κ2) is 6.67. The highest BCUT2D eigenvalue weighted by atomic mass is 32.1.